The number of hydrogen-bond donors (Lipinski definition) is 0. The van der Waals surface area contributed by atoms with E-state index < -0.39 is 0 Å². The monoisotopic (exact) mass is 368 g/mol. The van der Waals surface area contributed by atoms with Crippen LogP contribution >= 0.6 is 0 Å². The van der Waals surface area contributed by atoms with Gasteiger partial charge in [0.15, 0.2) is 0 Å². The van der Waals surface area contributed by atoms with Gasteiger partial charge in [-0.3, -0.25) is 4.91 Å². The molecule has 0 bridgehead atoms. The molecule has 4 heteroatoms. The van der Waals surface area contributed by atoms with Crippen LogP contribution in [-0.2, 0) is 0 Å². The van der Waals surface area contributed by atoms with Gasteiger partial charge in [0.1, 0.15) is 0 Å². The third-order valence-corrected chi connectivity index (χ3v) is 6.00. The first-order chi connectivity index (χ1) is 12.7. The van der Waals surface area contributed by atoms with Crippen LogP contribution in [0.4, 0.5) is 0 Å². The largest absolute Gasteiger partial charge is 0.373 e. The fourth-order valence-electron chi connectivity index (χ4n) is 3.79. The summed E-state index contributed by atoms with van der Waals surface area (Å²) >= 11 is 0. The van der Waals surface area contributed by atoms with Crippen LogP contribution in [0.1, 0.15) is 118 Å². The summed E-state index contributed by atoms with van der Waals surface area (Å²) in [4.78, 5) is 1.50. The van der Waals surface area contributed by atoms with E-state index in [4.69, 9.17) is 11.1 Å². The molecule has 0 atom stereocenters. The number of unbranched alkanes of at least 4 members (excludes halogenated alkanes) is 13. The number of hydrogen-bond acceptors (Lipinski definition) is 0. The third-order valence-electron chi connectivity index (χ3n) is 6.00. The minimum absolute atomic E-state index is 1.31. The quantitative estimate of drug-likeness (QED) is 0.0769. The summed E-state index contributed by atoms with van der Waals surface area (Å²) in [6, 6.07) is 0. The lowest BCUT2D eigenvalue weighted by Crippen LogP contribution is -2.48. The van der Waals surface area contributed by atoms with E-state index in [1.165, 1.54) is 125 Å². The molecule has 0 aliphatic heterocycles. The van der Waals surface area contributed by atoms with Crippen molar-refractivity contribution in [2.45, 2.75) is 118 Å². The number of quaternary nitrogens is 1. The molecule has 0 aliphatic carbocycles. The molecule has 0 saturated carbocycles. The fraction of sp³-hybridized carbons (Fsp3) is 1.00. The summed E-state index contributed by atoms with van der Waals surface area (Å²) < 4.78 is 1.33. The summed E-state index contributed by atoms with van der Waals surface area (Å²) in [7, 11) is 0. The van der Waals surface area contributed by atoms with Gasteiger partial charge in [0.25, 0.3) is 0 Å². The lowest BCUT2D eigenvalue weighted by atomic mass is 10.0. The van der Waals surface area contributed by atoms with Crippen molar-refractivity contribution < 1.29 is 4.48 Å². The maximum absolute atomic E-state index is 6.75. The Morgan fingerprint density at radius 1 is 0.500 bits per heavy atom. The van der Waals surface area contributed by atoms with E-state index in [2.05, 4.69) is 27.7 Å². The molecule has 0 radical (unpaired) electrons. The molecule has 0 aliphatic rings. The van der Waals surface area contributed by atoms with Crippen LogP contribution in [0.15, 0.2) is 0 Å². The minimum Gasteiger partial charge on any atom is -0.373 e. The maximum Gasteiger partial charge on any atom is 0.0786 e. The van der Waals surface area contributed by atoms with Crippen LogP contribution < -0.4 is 0 Å². The molecule has 0 aromatic rings. The van der Waals surface area contributed by atoms with Crippen LogP contribution in [0.25, 0.3) is 16.0 Å². The molecule has 0 aromatic carbocycles. The first-order valence-electron chi connectivity index (χ1n) is 11.5. The third kappa shape index (κ3) is 18.1. The number of rotatable bonds is 18. The van der Waals surface area contributed by atoms with Gasteiger partial charge in [0.2, 0.25) is 0 Å². The molecule has 0 fully saturated rings. The Hall–Kier alpha value is -0.730. The molecule has 0 N–H and O–H groups in total. The topological polar surface area (TPSA) is 58.7 Å². The van der Waals surface area contributed by atoms with E-state index in [9.17, 15) is 0 Å². The lowest BCUT2D eigenvalue weighted by Gasteiger charge is -2.35. The van der Waals surface area contributed by atoms with Gasteiger partial charge >= 0.3 is 0 Å². The molecular formula is C22H48N4. The molecule has 0 saturated heterocycles. The summed E-state index contributed by atoms with van der Waals surface area (Å²) in [6.45, 7) is 14.7. The fourth-order valence-corrected chi connectivity index (χ4v) is 3.79. The van der Waals surface area contributed by atoms with E-state index >= 15 is 0 Å². The van der Waals surface area contributed by atoms with Crippen LogP contribution in [-0.4, -0.2) is 30.7 Å². The van der Waals surface area contributed by atoms with Gasteiger partial charge in [-0.25, -0.2) is 0 Å². The molecule has 0 amide bonds. The van der Waals surface area contributed by atoms with E-state index in [-0.39, 0.29) is 0 Å². The van der Waals surface area contributed by atoms with E-state index in [1.807, 2.05) is 0 Å². The molecule has 0 rings (SSSR count). The normalized spacial score (nSPS) is 10.9. The molecule has 0 heterocycles. The second-order valence-corrected chi connectivity index (χ2v) is 7.70. The van der Waals surface area contributed by atoms with Crippen molar-refractivity contribution in [1.29, 1.82) is 0 Å². The highest BCUT2D eigenvalue weighted by Crippen LogP contribution is 2.14. The van der Waals surface area contributed by atoms with Gasteiger partial charge < -0.3 is 15.5 Å². The molecular weight excluding hydrogens is 320 g/mol. The summed E-state index contributed by atoms with van der Waals surface area (Å²) in [5.41, 5.74) is 13.5. The Morgan fingerprint density at radius 3 is 1.04 bits per heavy atom. The smallest absolute Gasteiger partial charge is 0.0786 e. The Labute approximate surface area is 164 Å². The zero-order valence-electron chi connectivity index (χ0n) is 18.5. The van der Waals surface area contributed by atoms with Gasteiger partial charge in [-0.2, -0.15) is 0 Å². The van der Waals surface area contributed by atoms with Crippen molar-refractivity contribution in [1.82, 2.24) is 0 Å². The second kappa shape index (κ2) is 22.3. The molecule has 26 heavy (non-hydrogen) atoms. The van der Waals surface area contributed by atoms with Gasteiger partial charge in [-0.05, 0) is 33.6 Å². The minimum atomic E-state index is 1.31. The predicted octanol–water partition coefficient (Wildman–Crippen LogP) is 8.21. The molecule has 4 nitrogen and oxygen atoms in total. The van der Waals surface area contributed by atoms with Crippen molar-refractivity contribution in [2.75, 3.05) is 26.2 Å². The highest BCUT2D eigenvalue weighted by molar-refractivity contribution is 4.50. The Bertz CT molecular complexity index is 286. The molecule has 0 aromatic heterocycles. The Kier molecular flexibility index (Phi) is 23.6. The van der Waals surface area contributed by atoms with E-state index in [0.717, 1.165) is 0 Å². The second-order valence-electron chi connectivity index (χ2n) is 7.70. The Morgan fingerprint density at radius 2 is 0.769 bits per heavy atom. The maximum atomic E-state index is 6.75. The van der Waals surface area contributed by atoms with Crippen LogP contribution in [0.2, 0.25) is 0 Å². The summed E-state index contributed by atoms with van der Waals surface area (Å²) in [5, 5.41) is 0. The number of nitrogens with zero attached hydrogens (tertiary/aromatic N) is 4. The average Bonchev–Trinajstić information content (AvgIpc) is 2.66. The summed E-state index contributed by atoms with van der Waals surface area (Å²) in [6.07, 6.45) is 20.5. The highest BCUT2D eigenvalue weighted by Gasteiger charge is 2.19. The molecule has 156 valence electrons. The first kappa shape index (κ1) is 27.5. The zero-order valence-corrected chi connectivity index (χ0v) is 18.5. The predicted molar refractivity (Wildman–Crippen MR) is 117 cm³/mol. The van der Waals surface area contributed by atoms with Crippen molar-refractivity contribution >= 4 is 0 Å². The van der Waals surface area contributed by atoms with Gasteiger partial charge in [0, 0.05) is 0 Å². The van der Waals surface area contributed by atoms with Crippen LogP contribution in [0.3, 0.4) is 0 Å². The summed E-state index contributed by atoms with van der Waals surface area (Å²) in [5.74, 6) is 0. The van der Waals surface area contributed by atoms with Crippen molar-refractivity contribution in [3.8, 4) is 0 Å². The Balaban J connectivity index is 0. The van der Waals surface area contributed by atoms with Gasteiger partial charge in [0.05, 0.1) is 26.2 Å². The highest BCUT2D eigenvalue weighted by atomic mass is 15.3. The van der Waals surface area contributed by atoms with Crippen LogP contribution in [0.5, 0.6) is 0 Å². The van der Waals surface area contributed by atoms with Crippen molar-refractivity contribution in [3.05, 3.63) is 16.0 Å². The van der Waals surface area contributed by atoms with Gasteiger partial charge in [-0.15, -0.1) is 0 Å². The van der Waals surface area contributed by atoms with Gasteiger partial charge in [-0.1, -0.05) is 84.0 Å². The van der Waals surface area contributed by atoms with E-state index in [1.54, 1.807) is 0 Å². The van der Waals surface area contributed by atoms with E-state index in [0.29, 0.717) is 0 Å². The van der Waals surface area contributed by atoms with Crippen molar-refractivity contribution in [3.63, 3.8) is 0 Å². The zero-order chi connectivity index (χ0) is 19.9. The average molecular weight is 369 g/mol. The first-order valence-corrected chi connectivity index (χ1v) is 11.5. The lowest BCUT2D eigenvalue weighted by molar-refractivity contribution is -0.923. The SMILES string of the molecule is CCCCCCCCCCCCCCCC[N+](CC)(CC)CC.[N-]=[N+]=[N-]. The molecule has 0 unspecified atom stereocenters. The standard InChI is InChI=1S/C22H48N.N3/c1-5-9-10-11-12-13-14-15-16-17-18-19-20-21-22-23(6-2,7-3)8-4;1-3-2/h5-22H2,1-4H3;/q+1;-1. The van der Waals surface area contributed by atoms with Crippen molar-refractivity contribution in [2.24, 2.45) is 0 Å². The van der Waals surface area contributed by atoms with Crippen LogP contribution in [0, 0.1) is 0 Å². The molecule has 0 spiro atoms.